The third kappa shape index (κ3) is 5.19. The minimum atomic E-state index is -3.02. The van der Waals surface area contributed by atoms with Crippen LogP contribution >= 0.6 is 0 Å². The molecule has 0 spiro atoms. The summed E-state index contributed by atoms with van der Waals surface area (Å²) in [6.07, 6.45) is 5.58. The van der Waals surface area contributed by atoms with Crippen molar-refractivity contribution in [2.24, 2.45) is 11.8 Å². The molecule has 0 bridgehead atoms. The largest absolute Gasteiger partial charge is 0.341 e. The maximum Gasteiger partial charge on any atom is 0.225 e. The molecule has 0 aromatic carbocycles. The molecule has 2 fully saturated rings. The molecule has 0 N–H and O–H groups in total. The summed E-state index contributed by atoms with van der Waals surface area (Å²) in [7, 11) is -1.25. The number of hydrogen-bond donors (Lipinski definition) is 0. The number of sulfone groups is 1. The van der Waals surface area contributed by atoms with Crippen molar-refractivity contribution in [3.63, 3.8) is 0 Å². The molecule has 24 heavy (non-hydrogen) atoms. The highest BCUT2D eigenvalue weighted by Gasteiger charge is 2.36. The predicted molar refractivity (Wildman–Crippen MR) is 93.2 cm³/mol. The van der Waals surface area contributed by atoms with Crippen LogP contribution in [0.25, 0.3) is 0 Å². The van der Waals surface area contributed by atoms with Gasteiger partial charge in [0.05, 0.1) is 5.75 Å². The molecule has 0 aromatic heterocycles. The van der Waals surface area contributed by atoms with Crippen LogP contribution in [-0.2, 0) is 19.4 Å². The predicted octanol–water partition coefficient (Wildman–Crippen LogP) is 1.31. The molecule has 1 saturated carbocycles. The van der Waals surface area contributed by atoms with Crippen LogP contribution < -0.4 is 0 Å². The fourth-order valence-electron chi connectivity index (χ4n) is 3.70. The van der Waals surface area contributed by atoms with Gasteiger partial charge in [0.1, 0.15) is 9.84 Å². The van der Waals surface area contributed by atoms with Gasteiger partial charge in [-0.3, -0.25) is 9.59 Å². The highest BCUT2D eigenvalue weighted by atomic mass is 32.2. The molecule has 7 heteroatoms. The van der Waals surface area contributed by atoms with Crippen LogP contribution in [0.1, 0.15) is 45.4 Å². The monoisotopic (exact) mass is 358 g/mol. The van der Waals surface area contributed by atoms with Crippen molar-refractivity contribution in [1.29, 1.82) is 0 Å². The first-order valence-electron chi connectivity index (χ1n) is 8.89. The van der Waals surface area contributed by atoms with Crippen LogP contribution in [0.5, 0.6) is 0 Å². The van der Waals surface area contributed by atoms with Crippen molar-refractivity contribution < 1.29 is 18.0 Å². The SMILES string of the molecule is CC1CC(C(=O)N2CCCC(N(C)C(=O)CCCS(C)(=O)=O)C2)C1. The zero-order chi connectivity index (χ0) is 17.9. The van der Waals surface area contributed by atoms with Gasteiger partial charge in [-0.05, 0) is 38.0 Å². The second kappa shape index (κ2) is 7.85. The summed E-state index contributed by atoms with van der Waals surface area (Å²) in [4.78, 5) is 28.4. The Balaban J connectivity index is 1.82. The Hall–Kier alpha value is -1.11. The lowest BCUT2D eigenvalue weighted by Crippen LogP contribution is -2.52. The van der Waals surface area contributed by atoms with Crippen molar-refractivity contribution in [3.8, 4) is 0 Å². The zero-order valence-electron chi connectivity index (χ0n) is 15.0. The lowest BCUT2D eigenvalue weighted by atomic mass is 9.75. The smallest absolute Gasteiger partial charge is 0.225 e. The maximum atomic E-state index is 12.5. The van der Waals surface area contributed by atoms with Gasteiger partial charge >= 0.3 is 0 Å². The molecule has 2 amide bonds. The molecule has 1 unspecified atom stereocenters. The van der Waals surface area contributed by atoms with Crippen LogP contribution in [0.4, 0.5) is 0 Å². The first-order valence-corrected chi connectivity index (χ1v) is 11.0. The molecular formula is C17H30N2O4S. The second-order valence-corrected chi connectivity index (χ2v) is 9.85. The van der Waals surface area contributed by atoms with E-state index in [4.69, 9.17) is 0 Å². The summed E-state index contributed by atoms with van der Waals surface area (Å²) in [5.74, 6) is 1.08. The molecule has 0 radical (unpaired) electrons. The Kier molecular flexibility index (Phi) is 6.28. The number of carbonyl (C=O) groups excluding carboxylic acids is 2. The third-order valence-corrected chi connectivity index (χ3v) is 6.31. The van der Waals surface area contributed by atoms with Gasteiger partial charge < -0.3 is 9.80 Å². The van der Waals surface area contributed by atoms with E-state index in [-0.39, 0.29) is 35.9 Å². The summed E-state index contributed by atoms with van der Waals surface area (Å²) in [6, 6.07) is 0.0472. The summed E-state index contributed by atoms with van der Waals surface area (Å²) < 4.78 is 22.3. The zero-order valence-corrected chi connectivity index (χ0v) is 15.8. The van der Waals surface area contributed by atoms with Gasteiger partial charge in [0.2, 0.25) is 11.8 Å². The minimum Gasteiger partial charge on any atom is -0.341 e. The van der Waals surface area contributed by atoms with Gasteiger partial charge in [-0.15, -0.1) is 0 Å². The molecule has 2 aliphatic rings. The Bertz CT molecular complexity index is 569. The van der Waals surface area contributed by atoms with Gasteiger partial charge in [-0.1, -0.05) is 6.92 Å². The Labute approximate surface area is 145 Å². The molecule has 0 aromatic rings. The van der Waals surface area contributed by atoms with Crippen LogP contribution in [0.3, 0.4) is 0 Å². The van der Waals surface area contributed by atoms with Gasteiger partial charge in [-0.2, -0.15) is 0 Å². The number of hydrogen-bond acceptors (Lipinski definition) is 4. The minimum absolute atomic E-state index is 0.0322. The number of amides is 2. The normalized spacial score (nSPS) is 27.5. The van der Waals surface area contributed by atoms with Crippen LogP contribution in [-0.4, -0.2) is 68.2 Å². The number of nitrogens with zero attached hydrogens (tertiary/aromatic N) is 2. The molecule has 1 atom stereocenters. The van der Waals surface area contributed by atoms with Crippen molar-refractivity contribution in [3.05, 3.63) is 0 Å². The van der Waals surface area contributed by atoms with Crippen molar-refractivity contribution >= 4 is 21.7 Å². The number of piperidine rings is 1. The molecule has 6 nitrogen and oxygen atoms in total. The first kappa shape index (κ1) is 19.2. The van der Waals surface area contributed by atoms with E-state index in [1.165, 1.54) is 6.26 Å². The number of carbonyl (C=O) groups is 2. The molecule has 2 rings (SSSR count). The average Bonchev–Trinajstić information content (AvgIpc) is 2.49. The van der Waals surface area contributed by atoms with E-state index in [1.807, 2.05) is 4.90 Å². The van der Waals surface area contributed by atoms with E-state index in [0.29, 0.717) is 18.9 Å². The van der Waals surface area contributed by atoms with Gasteiger partial charge in [-0.25, -0.2) is 8.42 Å². The summed E-state index contributed by atoms with van der Waals surface area (Å²) in [5.41, 5.74) is 0. The van der Waals surface area contributed by atoms with Crippen LogP contribution in [0, 0.1) is 11.8 Å². The van der Waals surface area contributed by atoms with E-state index in [0.717, 1.165) is 32.2 Å². The highest BCUT2D eigenvalue weighted by molar-refractivity contribution is 7.90. The molecule has 1 saturated heterocycles. The quantitative estimate of drug-likeness (QED) is 0.717. The summed E-state index contributed by atoms with van der Waals surface area (Å²) in [5, 5.41) is 0. The lowest BCUT2D eigenvalue weighted by Gasteiger charge is -2.41. The highest BCUT2D eigenvalue weighted by Crippen LogP contribution is 2.35. The molecule has 1 aliphatic heterocycles. The van der Waals surface area contributed by atoms with E-state index in [1.54, 1.807) is 11.9 Å². The molecular weight excluding hydrogens is 328 g/mol. The number of likely N-dealkylation sites (N-methyl/N-ethyl adjacent to an activating group) is 1. The summed E-state index contributed by atoms with van der Waals surface area (Å²) >= 11 is 0. The fraction of sp³-hybridized carbons (Fsp3) is 0.882. The Morgan fingerprint density at radius 1 is 1.25 bits per heavy atom. The van der Waals surface area contributed by atoms with E-state index in [2.05, 4.69) is 6.92 Å². The fourth-order valence-corrected chi connectivity index (χ4v) is 4.37. The Morgan fingerprint density at radius 2 is 1.92 bits per heavy atom. The van der Waals surface area contributed by atoms with Gasteiger partial charge in [0.15, 0.2) is 0 Å². The van der Waals surface area contributed by atoms with Crippen LogP contribution in [0.2, 0.25) is 0 Å². The average molecular weight is 359 g/mol. The lowest BCUT2D eigenvalue weighted by molar-refractivity contribution is -0.144. The van der Waals surface area contributed by atoms with E-state index < -0.39 is 9.84 Å². The van der Waals surface area contributed by atoms with Crippen molar-refractivity contribution in [2.45, 2.75) is 51.5 Å². The third-order valence-electron chi connectivity index (χ3n) is 5.28. The standard InChI is InChI=1S/C17H30N2O4S/c1-13-10-14(11-13)17(21)19-8-4-6-15(12-19)18(2)16(20)7-5-9-24(3,22)23/h13-15H,4-12H2,1-3H3. The van der Waals surface area contributed by atoms with E-state index in [9.17, 15) is 18.0 Å². The van der Waals surface area contributed by atoms with Gasteiger partial charge in [0.25, 0.3) is 0 Å². The van der Waals surface area contributed by atoms with Crippen molar-refractivity contribution in [2.75, 3.05) is 32.1 Å². The van der Waals surface area contributed by atoms with Crippen LogP contribution in [0.15, 0.2) is 0 Å². The number of likely N-dealkylation sites (tertiary alicyclic amines) is 1. The summed E-state index contributed by atoms with van der Waals surface area (Å²) in [6.45, 7) is 3.57. The van der Waals surface area contributed by atoms with Gasteiger partial charge in [0, 0.05) is 44.8 Å². The second-order valence-electron chi connectivity index (χ2n) is 7.59. The maximum absolute atomic E-state index is 12.5. The molecule has 1 heterocycles. The molecule has 138 valence electrons. The van der Waals surface area contributed by atoms with Crippen molar-refractivity contribution in [1.82, 2.24) is 9.80 Å². The molecule has 1 aliphatic carbocycles. The number of rotatable bonds is 6. The first-order chi connectivity index (χ1) is 11.2. The Morgan fingerprint density at radius 3 is 2.50 bits per heavy atom. The topological polar surface area (TPSA) is 74.8 Å². The van der Waals surface area contributed by atoms with E-state index >= 15 is 0 Å².